The fraction of sp³-hybridized carbons (Fsp3) is 0.412. The molecule has 6 nitrogen and oxygen atoms in total. The van der Waals surface area contributed by atoms with E-state index in [1.165, 1.54) is 6.26 Å². The fourth-order valence-corrected chi connectivity index (χ4v) is 3.31. The predicted octanol–water partition coefficient (Wildman–Crippen LogP) is 2.40. The van der Waals surface area contributed by atoms with Crippen molar-refractivity contribution in [2.45, 2.75) is 31.8 Å². The maximum absolute atomic E-state index is 12.5. The molecule has 1 N–H and O–H groups in total. The van der Waals surface area contributed by atoms with Gasteiger partial charge in [-0.15, -0.1) is 0 Å². The number of Topliss-reactive ketones (excluding diaryl/α,β-unsaturated/α-hetero) is 1. The normalized spacial score (nSPS) is 25.2. The van der Waals surface area contributed by atoms with Crippen LogP contribution in [-0.2, 0) is 14.3 Å². The molecule has 23 heavy (non-hydrogen) atoms. The Kier molecular flexibility index (Phi) is 3.44. The molecule has 0 aromatic heterocycles. The van der Waals surface area contributed by atoms with Gasteiger partial charge in [0.1, 0.15) is 11.7 Å². The van der Waals surface area contributed by atoms with Crippen molar-refractivity contribution in [2.75, 3.05) is 12.1 Å². The van der Waals surface area contributed by atoms with E-state index in [0.29, 0.717) is 17.2 Å². The number of ketones is 1. The van der Waals surface area contributed by atoms with E-state index in [4.69, 9.17) is 14.2 Å². The maximum atomic E-state index is 12.5. The summed E-state index contributed by atoms with van der Waals surface area (Å²) in [5.41, 5.74) is 0.643. The lowest BCUT2D eigenvalue weighted by molar-refractivity contribution is -0.129. The van der Waals surface area contributed by atoms with Crippen LogP contribution in [-0.4, -0.2) is 24.6 Å². The van der Waals surface area contributed by atoms with Crippen LogP contribution in [0.4, 0.5) is 5.69 Å². The second-order valence-electron chi connectivity index (χ2n) is 5.98. The van der Waals surface area contributed by atoms with E-state index >= 15 is 0 Å². The van der Waals surface area contributed by atoms with Crippen molar-refractivity contribution >= 4 is 17.4 Å². The van der Waals surface area contributed by atoms with Crippen LogP contribution in [0.5, 0.6) is 11.5 Å². The largest absolute Gasteiger partial charge is 0.496 e. The van der Waals surface area contributed by atoms with Gasteiger partial charge in [-0.25, -0.2) is 0 Å². The Bertz CT molecular complexity index is 696. The second-order valence-corrected chi connectivity index (χ2v) is 5.98. The summed E-state index contributed by atoms with van der Waals surface area (Å²) in [5.74, 6) is 0.475. The van der Waals surface area contributed by atoms with Crippen molar-refractivity contribution < 1.29 is 23.8 Å². The van der Waals surface area contributed by atoms with Gasteiger partial charge in [-0.05, 0) is 31.4 Å². The van der Waals surface area contributed by atoms with Gasteiger partial charge in [0.15, 0.2) is 17.3 Å². The number of nitrogens with one attached hydrogen (secondary N) is 1. The van der Waals surface area contributed by atoms with Crippen molar-refractivity contribution in [3.63, 3.8) is 0 Å². The Labute approximate surface area is 133 Å². The van der Waals surface area contributed by atoms with E-state index in [2.05, 4.69) is 5.32 Å². The van der Waals surface area contributed by atoms with E-state index in [-0.39, 0.29) is 30.2 Å². The zero-order valence-corrected chi connectivity index (χ0v) is 12.5. The van der Waals surface area contributed by atoms with Crippen LogP contribution < -0.4 is 14.8 Å². The number of carbonyl (C=O) groups is 2. The fourth-order valence-electron chi connectivity index (χ4n) is 3.31. The molecule has 2 atom stereocenters. The molecular formula is C17H17NO5. The zero-order chi connectivity index (χ0) is 15.8. The molecule has 1 fully saturated rings. The van der Waals surface area contributed by atoms with E-state index in [0.717, 1.165) is 25.7 Å². The molecule has 0 radical (unpaired) electrons. The first-order chi connectivity index (χ1) is 11.2. The summed E-state index contributed by atoms with van der Waals surface area (Å²) in [6.07, 6.45) is 4.99. The van der Waals surface area contributed by atoms with Crippen molar-refractivity contribution in [1.29, 1.82) is 0 Å². The minimum absolute atomic E-state index is 0.0710. The third kappa shape index (κ3) is 2.54. The standard InChI is InChI=1S/C17H17NO5/c19-16-11-3-1-2-4-13(11)21-8-12(16)17(20)18-10-5-6-14-15(7-10)23-9-22-14/h5-8,11,13H,1-4,9H2,(H,18,20). The highest BCUT2D eigenvalue weighted by Crippen LogP contribution is 2.35. The van der Waals surface area contributed by atoms with Gasteiger partial charge in [0.25, 0.3) is 5.91 Å². The molecule has 6 heteroatoms. The molecule has 0 saturated heterocycles. The minimum Gasteiger partial charge on any atom is -0.496 e. The first-order valence-corrected chi connectivity index (χ1v) is 7.83. The van der Waals surface area contributed by atoms with Gasteiger partial charge in [-0.3, -0.25) is 9.59 Å². The van der Waals surface area contributed by atoms with Gasteiger partial charge in [0, 0.05) is 11.8 Å². The predicted molar refractivity (Wildman–Crippen MR) is 81.1 cm³/mol. The zero-order valence-electron chi connectivity index (χ0n) is 12.5. The van der Waals surface area contributed by atoms with Crippen molar-refractivity contribution in [1.82, 2.24) is 0 Å². The smallest absolute Gasteiger partial charge is 0.262 e. The Hall–Kier alpha value is -2.50. The lowest BCUT2D eigenvalue weighted by Gasteiger charge is -2.33. The van der Waals surface area contributed by atoms with Crippen molar-refractivity contribution in [3.05, 3.63) is 30.0 Å². The molecule has 2 heterocycles. The highest BCUT2D eigenvalue weighted by atomic mass is 16.7. The molecule has 1 aromatic rings. The minimum atomic E-state index is -0.446. The van der Waals surface area contributed by atoms with Gasteiger partial charge in [-0.2, -0.15) is 0 Å². The number of hydrogen-bond acceptors (Lipinski definition) is 5. The van der Waals surface area contributed by atoms with Crippen LogP contribution in [0.3, 0.4) is 0 Å². The number of ether oxygens (including phenoxy) is 3. The van der Waals surface area contributed by atoms with Crippen LogP contribution in [0.1, 0.15) is 25.7 Å². The molecule has 1 aromatic carbocycles. The summed E-state index contributed by atoms with van der Waals surface area (Å²) >= 11 is 0. The van der Waals surface area contributed by atoms with Crippen LogP contribution >= 0.6 is 0 Å². The second kappa shape index (κ2) is 5.61. The van der Waals surface area contributed by atoms with Gasteiger partial charge in [0.2, 0.25) is 6.79 Å². The SMILES string of the molecule is O=C(Nc1ccc2c(c1)OCO2)C1=COC2CCCCC2C1=O. The molecule has 0 spiro atoms. The highest BCUT2D eigenvalue weighted by Gasteiger charge is 2.39. The van der Waals surface area contributed by atoms with Gasteiger partial charge >= 0.3 is 0 Å². The van der Waals surface area contributed by atoms with Crippen LogP contribution in [0, 0.1) is 5.92 Å². The maximum Gasteiger partial charge on any atom is 0.262 e. The third-order valence-corrected chi connectivity index (χ3v) is 4.54. The molecular weight excluding hydrogens is 298 g/mol. The molecule has 1 saturated carbocycles. The van der Waals surface area contributed by atoms with Gasteiger partial charge < -0.3 is 19.5 Å². The number of hydrogen-bond donors (Lipinski definition) is 1. The lowest BCUT2D eigenvalue weighted by atomic mass is 9.80. The molecule has 2 unspecified atom stereocenters. The number of benzene rings is 1. The van der Waals surface area contributed by atoms with E-state index in [1.807, 2.05) is 0 Å². The molecule has 2 aliphatic heterocycles. The van der Waals surface area contributed by atoms with E-state index in [9.17, 15) is 9.59 Å². The van der Waals surface area contributed by atoms with Crippen LogP contribution in [0.2, 0.25) is 0 Å². The first kappa shape index (κ1) is 14.1. The summed E-state index contributed by atoms with van der Waals surface area (Å²) in [7, 11) is 0. The van der Waals surface area contributed by atoms with E-state index in [1.54, 1.807) is 18.2 Å². The Morgan fingerprint density at radius 1 is 1.13 bits per heavy atom. The summed E-state index contributed by atoms with van der Waals surface area (Å²) in [5, 5.41) is 2.72. The third-order valence-electron chi connectivity index (χ3n) is 4.54. The topological polar surface area (TPSA) is 73.9 Å². The number of amides is 1. The van der Waals surface area contributed by atoms with Crippen LogP contribution in [0.15, 0.2) is 30.0 Å². The monoisotopic (exact) mass is 315 g/mol. The number of anilines is 1. The molecule has 1 aliphatic carbocycles. The first-order valence-electron chi connectivity index (χ1n) is 7.83. The summed E-state index contributed by atoms with van der Waals surface area (Å²) in [6.45, 7) is 0.174. The quantitative estimate of drug-likeness (QED) is 0.848. The summed E-state index contributed by atoms with van der Waals surface area (Å²) in [4.78, 5) is 24.9. The van der Waals surface area contributed by atoms with Crippen molar-refractivity contribution in [3.8, 4) is 11.5 Å². The van der Waals surface area contributed by atoms with E-state index < -0.39 is 5.91 Å². The van der Waals surface area contributed by atoms with Crippen molar-refractivity contribution in [2.24, 2.45) is 5.92 Å². The Morgan fingerprint density at radius 3 is 2.87 bits per heavy atom. The molecule has 4 rings (SSSR count). The average Bonchev–Trinajstić information content (AvgIpc) is 3.03. The molecule has 1 amide bonds. The average molecular weight is 315 g/mol. The highest BCUT2D eigenvalue weighted by molar-refractivity contribution is 6.24. The van der Waals surface area contributed by atoms with Gasteiger partial charge in [-0.1, -0.05) is 6.42 Å². The lowest BCUT2D eigenvalue weighted by Crippen LogP contribution is -2.39. The molecule has 120 valence electrons. The van der Waals surface area contributed by atoms with Gasteiger partial charge in [0.05, 0.1) is 12.2 Å². The molecule has 0 bridgehead atoms. The number of rotatable bonds is 2. The molecule has 3 aliphatic rings. The number of fused-ring (bicyclic) bond motifs is 2. The summed E-state index contributed by atoms with van der Waals surface area (Å²) < 4.78 is 16.1. The summed E-state index contributed by atoms with van der Waals surface area (Å²) in [6, 6.07) is 5.12. The Morgan fingerprint density at radius 2 is 1.96 bits per heavy atom. The van der Waals surface area contributed by atoms with Crippen LogP contribution in [0.25, 0.3) is 0 Å². The number of carbonyl (C=O) groups excluding carboxylic acids is 2. The Balaban J connectivity index is 1.50.